The second kappa shape index (κ2) is 7.87. The number of aromatic nitrogens is 1. The zero-order valence-corrected chi connectivity index (χ0v) is 13.6. The molecule has 0 unspecified atom stereocenters. The molecule has 0 saturated heterocycles. The Morgan fingerprint density at radius 3 is 2.83 bits per heavy atom. The number of rotatable bonds is 7. The number of carbonyl (C=O) groups excluding carboxylic acids is 1. The molecule has 0 atom stereocenters. The summed E-state index contributed by atoms with van der Waals surface area (Å²) in [5.41, 5.74) is 0.267. The van der Waals surface area contributed by atoms with Crippen LogP contribution in [0.15, 0.2) is 24.3 Å². The van der Waals surface area contributed by atoms with Crippen molar-refractivity contribution < 1.29 is 18.7 Å². The zero-order valence-electron chi connectivity index (χ0n) is 13.6. The van der Waals surface area contributed by atoms with Crippen LogP contribution >= 0.6 is 0 Å². The topological polar surface area (TPSA) is 60.5 Å². The van der Waals surface area contributed by atoms with Gasteiger partial charge in [-0.15, -0.1) is 0 Å². The molecule has 124 valence electrons. The number of ether oxygens (including phenoxy) is 2. The van der Waals surface area contributed by atoms with E-state index in [9.17, 15) is 9.18 Å². The smallest absolute Gasteiger partial charge is 0.270 e. The zero-order chi connectivity index (χ0) is 16.8. The molecule has 1 amide bonds. The minimum Gasteiger partial charge on any atom is -0.493 e. The average Bonchev–Trinajstić information content (AvgIpc) is 2.51. The normalized spacial score (nSPS) is 11.0. The van der Waals surface area contributed by atoms with Crippen LogP contribution in [-0.2, 0) is 4.74 Å². The molecule has 0 aliphatic rings. The van der Waals surface area contributed by atoms with Gasteiger partial charge in [-0.3, -0.25) is 4.79 Å². The highest BCUT2D eigenvalue weighted by Crippen LogP contribution is 2.27. The van der Waals surface area contributed by atoms with Gasteiger partial charge in [-0.1, -0.05) is 6.07 Å². The summed E-state index contributed by atoms with van der Waals surface area (Å²) in [4.78, 5) is 16.3. The van der Waals surface area contributed by atoms with Crippen LogP contribution in [-0.4, -0.2) is 37.3 Å². The molecule has 0 fully saturated rings. The van der Waals surface area contributed by atoms with Crippen molar-refractivity contribution in [2.75, 3.05) is 20.3 Å². The molecule has 0 aliphatic carbocycles. The number of benzene rings is 1. The summed E-state index contributed by atoms with van der Waals surface area (Å²) in [6.45, 7) is 4.68. The Hall–Kier alpha value is -2.21. The summed E-state index contributed by atoms with van der Waals surface area (Å²) in [7, 11) is 1.62. The van der Waals surface area contributed by atoms with Gasteiger partial charge < -0.3 is 14.8 Å². The van der Waals surface area contributed by atoms with Crippen molar-refractivity contribution in [3.63, 3.8) is 0 Å². The predicted octanol–water partition coefficient (Wildman–Crippen LogP) is 2.93. The lowest BCUT2D eigenvalue weighted by atomic mass is 10.1. The Labute approximate surface area is 134 Å². The van der Waals surface area contributed by atoms with E-state index in [1.54, 1.807) is 25.3 Å². The van der Waals surface area contributed by atoms with E-state index >= 15 is 0 Å². The highest BCUT2D eigenvalue weighted by Gasteiger charge is 2.15. The van der Waals surface area contributed by atoms with Crippen LogP contribution in [0.25, 0.3) is 10.9 Å². The van der Waals surface area contributed by atoms with Gasteiger partial charge in [0.1, 0.15) is 22.8 Å². The number of hydrogen-bond acceptors (Lipinski definition) is 4. The van der Waals surface area contributed by atoms with Crippen LogP contribution < -0.4 is 10.1 Å². The SMILES string of the molecule is COCCCOc1cc(C(=O)NC(C)C)nc2c(F)cccc12. The van der Waals surface area contributed by atoms with E-state index in [4.69, 9.17) is 9.47 Å². The minimum absolute atomic E-state index is 0.0355. The van der Waals surface area contributed by atoms with E-state index in [-0.39, 0.29) is 23.2 Å². The fourth-order valence-corrected chi connectivity index (χ4v) is 2.14. The van der Waals surface area contributed by atoms with Crippen LogP contribution in [0.3, 0.4) is 0 Å². The number of nitrogens with zero attached hydrogens (tertiary/aromatic N) is 1. The largest absolute Gasteiger partial charge is 0.493 e. The van der Waals surface area contributed by atoms with E-state index in [2.05, 4.69) is 10.3 Å². The van der Waals surface area contributed by atoms with Crippen molar-refractivity contribution in [1.82, 2.24) is 10.3 Å². The number of hydrogen-bond donors (Lipinski definition) is 1. The summed E-state index contributed by atoms with van der Waals surface area (Å²) < 4.78 is 24.7. The fourth-order valence-electron chi connectivity index (χ4n) is 2.14. The van der Waals surface area contributed by atoms with Gasteiger partial charge >= 0.3 is 0 Å². The Bertz CT molecular complexity index is 689. The third kappa shape index (κ3) is 4.39. The van der Waals surface area contributed by atoms with Crippen molar-refractivity contribution in [1.29, 1.82) is 0 Å². The number of carbonyl (C=O) groups is 1. The van der Waals surface area contributed by atoms with Gasteiger partial charge in [0, 0.05) is 37.6 Å². The summed E-state index contributed by atoms with van der Waals surface area (Å²) in [5.74, 6) is -0.394. The molecule has 0 aliphatic heterocycles. The van der Waals surface area contributed by atoms with Crippen molar-refractivity contribution in [3.05, 3.63) is 35.8 Å². The minimum atomic E-state index is -0.483. The second-order valence-electron chi connectivity index (χ2n) is 5.46. The number of halogens is 1. The number of pyridine rings is 1. The van der Waals surface area contributed by atoms with Crippen molar-refractivity contribution in [2.24, 2.45) is 0 Å². The highest BCUT2D eigenvalue weighted by molar-refractivity contribution is 5.97. The first-order valence-corrected chi connectivity index (χ1v) is 7.54. The lowest BCUT2D eigenvalue weighted by molar-refractivity contribution is 0.0938. The van der Waals surface area contributed by atoms with Gasteiger partial charge in [0.05, 0.1) is 6.61 Å². The summed E-state index contributed by atoms with van der Waals surface area (Å²) in [5, 5.41) is 3.29. The van der Waals surface area contributed by atoms with Crippen LogP contribution in [0.2, 0.25) is 0 Å². The maximum absolute atomic E-state index is 14.0. The number of amides is 1. The molecule has 0 bridgehead atoms. The Kier molecular flexibility index (Phi) is 5.87. The Morgan fingerprint density at radius 1 is 1.35 bits per heavy atom. The summed E-state index contributed by atoms with van der Waals surface area (Å²) in [6.07, 6.45) is 0.698. The molecule has 2 aromatic rings. The second-order valence-corrected chi connectivity index (χ2v) is 5.46. The number of nitrogens with one attached hydrogen (secondary N) is 1. The Morgan fingerprint density at radius 2 is 2.13 bits per heavy atom. The number of para-hydroxylation sites is 1. The standard InChI is InChI=1S/C17H21FN2O3/c1-11(2)19-17(21)14-10-15(23-9-5-8-22-3)12-6-4-7-13(18)16(12)20-14/h4,6-7,10-11H,5,8-9H2,1-3H3,(H,19,21). The number of fused-ring (bicyclic) bond motifs is 1. The molecule has 1 aromatic heterocycles. The Balaban J connectivity index is 2.37. The molecule has 1 aromatic carbocycles. The van der Waals surface area contributed by atoms with Crippen LogP contribution in [0.1, 0.15) is 30.8 Å². The van der Waals surface area contributed by atoms with Gasteiger partial charge in [0.2, 0.25) is 0 Å². The maximum Gasteiger partial charge on any atom is 0.270 e. The molecule has 0 spiro atoms. The van der Waals surface area contributed by atoms with Gasteiger partial charge in [-0.2, -0.15) is 0 Å². The molecule has 6 heteroatoms. The molecule has 5 nitrogen and oxygen atoms in total. The van der Waals surface area contributed by atoms with Gasteiger partial charge in [-0.25, -0.2) is 9.37 Å². The average molecular weight is 320 g/mol. The molecule has 2 rings (SSSR count). The monoisotopic (exact) mass is 320 g/mol. The van der Waals surface area contributed by atoms with Crippen LogP contribution in [0.4, 0.5) is 4.39 Å². The molecule has 23 heavy (non-hydrogen) atoms. The first-order valence-electron chi connectivity index (χ1n) is 7.54. The quantitative estimate of drug-likeness (QED) is 0.797. The van der Waals surface area contributed by atoms with Gasteiger partial charge in [0.25, 0.3) is 5.91 Å². The summed E-state index contributed by atoms with van der Waals surface area (Å²) in [6, 6.07) is 6.14. The van der Waals surface area contributed by atoms with Crippen LogP contribution in [0, 0.1) is 5.82 Å². The van der Waals surface area contributed by atoms with Gasteiger partial charge in [0.15, 0.2) is 0 Å². The third-order valence-corrected chi connectivity index (χ3v) is 3.16. The molecular weight excluding hydrogens is 299 g/mol. The first-order chi connectivity index (χ1) is 11.0. The predicted molar refractivity (Wildman–Crippen MR) is 86.3 cm³/mol. The van der Waals surface area contributed by atoms with E-state index in [1.165, 1.54) is 6.07 Å². The summed E-state index contributed by atoms with van der Waals surface area (Å²) >= 11 is 0. The maximum atomic E-state index is 14.0. The van der Waals surface area contributed by atoms with Crippen molar-refractivity contribution in [2.45, 2.75) is 26.3 Å². The van der Waals surface area contributed by atoms with Crippen molar-refractivity contribution >= 4 is 16.8 Å². The van der Waals surface area contributed by atoms with E-state index in [0.29, 0.717) is 30.8 Å². The van der Waals surface area contributed by atoms with Crippen molar-refractivity contribution in [3.8, 4) is 5.75 Å². The molecule has 0 radical (unpaired) electrons. The molecular formula is C17H21FN2O3. The van der Waals surface area contributed by atoms with Gasteiger partial charge in [-0.05, 0) is 26.0 Å². The molecule has 0 saturated carbocycles. The molecule has 1 N–H and O–H groups in total. The molecule has 1 heterocycles. The highest BCUT2D eigenvalue weighted by atomic mass is 19.1. The van der Waals surface area contributed by atoms with Crippen LogP contribution in [0.5, 0.6) is 5.75 Å². The van der Waals surface area contributed by atoms with E-state index in [0.717, 1.165) is 0 Å². The lowest BCUT2D eigenvalue weighted by Crippen LogP contribution is -2.30. The lowest BCUT2D eigenvalue weighted by Gasteiger charge is -2.13. The third-order valence-electron chi connectivity index (χ3n) is 3.16. The fraction of sp³-hybridized carbons (Fsp3) is 0.412. The number of methoxy groups -OCH3 is 1. The van der Waals surface area contributed by atoms with E-state index < -0.39 is 5.82 Å². The first kappa shape index (κ1) is 17.1. The van der Waals surface area contributed by atoms with E-state index in [1.807, 2.05) is 13.8 Å².